The number of pyridine rings is 1. The summed E-state index contributed by atoms with van der Waals surface area (Å²) < 4.78 is 7.34. The summed E-state index contributed by atoms with van der Waals surface area (Å²) >= 11 is 3.51. The van der Waals surface area contributed by atoms with Crippen molar-refractivity contribution in [3.8, 4) is 0 Å². The van der Waals surface area contributed by atoms with E-state index in [9.17, 15) is 4.79 Å². The maximum atomic E-state index is 13.8. The van der Waals surface area contributed by atoms with Crippen molar-refractivity contribution < 1.29 is 9.53 Å². The van der Waals surface area contributed by atoms with Crippen LogP contribution in [0.3, 0.4) is 0 Å². The van der Waals surface area contributed by atoms with E-state index < -0.39 is 11.8 Å². The molecule has 2 aliphatic heterocycles. The van der Waals surface area contributed by atoms with E-state index >= 15 is 0 Å². The Bertz CT molecular complexity index is 1350. The standard InChI is InChI=1S/C26H24BrN7O2/c1-26(2)31-24(30-19-4-3-13-29-14-19)21-20(15-5-9-17(27)10-6-15)23(36-25(21)32-26)22(35)16-7-11-18(12-8-16)33-34-28/h3-14,20,23-24,30-32H,1-2H3. The minimum absolute atomic E-state index is 0.162. The number of nitrogens with zero attached hydrogens (tertiary/aromatic N) is 4. The van der Waals surface area contributed by atoms with E-state index in [2.05, 4.69) is 46.9 Å². The first kappa shape index (κ1) is 23.9. The van der Waals surface area contributed by atoms with Gasteiger partial charge >= 0.3 is 0 Å². The van der Waals surface area contributed by atoms with E-state index in [0.29, 0.717) is 17.1 Å². The van der Waals surface area contributed by atoms with Gasteiger partial charge in [-0.3, -0.25) is 15.1 Å². The van der Waals surface area contributed by atoms with Crippen LogP contribution in [0.5, 0.6) is 0 Å². The lowest BCUT2D eigenvalue weighted by atomic mass is 9.82. The number of carbonyl (C=O) groups excluding carboxylic acids is 1. The predicted octanol–water partition coefficient (Wildman–Crippen LogP) is 5.73. The molecule has 182 valence electrons. The summed E-state index contributed by atoms with van der Waals surface area (Å²) in [5.74, 6) is 0.0596. The van der Waals surface area contributed by atoms with Gasteiger partial charge in [-0.25, -0.2) is 0 Å². The summed E-state index contributed by atoms with van der Waals surface area (Å²) in [6, 6.07) is 18.3. The largest absolute Gasteiger partial charge is 0.466 e. The normalized spacial score (nSPS) is 22.0. The molecule has 9 nitrogen and oxygen atoms in total. The highest BCUT2D eigenvalue weighted by atomic mass is 79.9. The fourth-order valence-electron chi connectivity index (χ4n) is 4.60. The predicted molar refractivity (Wildman–Crippen MR) is 140 cm³/mol. The van der Waals surface area contributed by atoms with E-state index in [0.717, 1.165) is 21.3 Å². The lowest BCUT2D eigenvalue weighted by Crippen LogP contribution is -2.62. The van der Waals surface area contributed by atoms with Gasteiger partial charge in [-0.15, -0.1) is 0 Å². The minimum Gasteiger partial charge on any atom is -0.466 e. The molecule has 2 aromatic carbocycles. The maximum Gasteiger partial charge on any atom is 0.204 e. The summed E-state index contributed by atoms with van der Waals surface area (Å²) in [5, 5.41) is 14.1. The Kier molecular flexibility index (Phi) is 6.40. The summed E-state index contributed by atoms with van der Waals surface area (Å²) in [6.07, 6.45) is 2.37. The zero-order valence-corrected chi connectivity index (χ0v) is 21.2. The number of Topliss-reactive ketones (excluding diaryl/α,β-unsaturated/α-hetero) is 1. The number of ketones is 1. The lowest BCUT2D eigenvalue weighted by Gasteiger charge is -2.40. The molecule has 0 radical (unpaired) electrons. The van der Waals surface area contributed by atoms with Gasteiger partial charge in [0, 0.05) is 38.6 Å². The second-order valence-electron chi connectivity index (χ2n) is 9.17. The van der Waals surface area contributed by atoms with Crippen LogP contribution < -0.4 is 16.0 Å². The van der Waals surface area contributed by atoms with Gasteiger partial charge in [0.05, 0.1) is 17.3 Å². The molecular formula is C26H24BrN7O2. The molecule has 1 aromatic heterocycles. The number of hydrogen-bond donors (Lipinski definition) is 3. The van der Waals surface area contributed by atoms with Gasteiger partial charge in [0.2, 0.25) is 5.78 Å². The highest BCUT2D eigenvalue weighted by molar-refractivity contribution is 9.10. The van der Waals surface area contributed by atoms with E-state index in [1.54, 1.807) is 36.7 Å². The molecule has 0 saturated carbocycles. The average Bonchev–Trinajstić information content (AvgIpc) is 3.24. The molecule has 0 fully saturated rings. The van der Waals surface area contributed by atoms with Gasteiger partial charge in [-0.05, 0) is 49.2 Å². The summed E-state index contributed by atoms with van der Waals surface area (Å²) in [4.78, 5) is 20.8. The molecule has 0 spiro atoms. The van der Waals surface area contributed by atoms with Crippen molar-refractivity contribution in [2.75, 3.05) is 5.32 Å². The average molecular weight is 546 g/mol. The number of halogens is 1. The Morgan fingerprint density at radius 3 is 2.58 bits per heavy atom. The second kappa shape index (κ2) is 9.66. The van der Waals surface area contributed by atoms with Crippen molar-refractivity contribution in [3.05, 3.63) is 111 Å². The Balaban J connectivity index is 1.56. The Hall–Kier alpha value is -3.85. The lowest BCUT2D eigenvalue weighted by molar-refractivity contribution is 0.0620. The topological polar surface area (TPSA) is 124 Å². The highest BCUT2D eigenvalue weighted by Crippen LogP contribution is 2.44. The molecule has 3 atom stereocenters. The van der Waals surface area contributed by atoms with Gasteiger partial charge in [-0.1, -0.05) is 57.4 Å². The van der Waals surface area contributed by atoms with Gasteiger partial charge < -0.3 is 15.4 Å². The maximum absolute atomic E-state index is 13.8. The van der Waals surface area contributed by atoms with Crippen LogP contribution in [0.2, 0.25) is 0 Å². The van der Waals surface area contributed by atoms with Crippen molar-refractivity contribution in [2.24, 2.45) is 5.11 Å². The number of hydrogen-bond acceptors (Lipinski definition) is 7. The van der Waals surface area contributed by atoms with Crippen molar-refractivity contribution in [2.45, 2.75) is 37.7 Å². The molecule has 0 saturated heterocycles. The van der Waals surface area contributed by atoms with E-state index in [1.165, 1.54) is 0 Å². The van der Waals surface area contributed by atoms with Crippen LogP contribution in [0.25, 0.3) is 10.4 Å². The second-order valence-corrected chi connectivity index (χ2v) is 10.1. The van der Waals surface area contributed by atoms with Gasteiger partial charge in [0.25, 0.3) is 0 Å². The van der Waals surface area contributed by atoms with Crippen molar-refractivity contribution in [3.63, 3.8) is 0 Å². The molecule has 3 N–H and O–H groups in total. The number of carbonyl (C=O) groups is 1. The van der Waals surface area contributed by atoms with Gasteiger partial charge in [0.1, 0.15) is 6.17 Å². The summed E-state index contributed by atoms with van der Waals surface area (Å²) in [5.41, 5.74) is 11.8. The number of anilines is 1. The molecule has 10 heteroatoms. The summed E-state index contributed by atoms with van der Waals surface area (Å²) in [6.45, 7) is 4.02. The highest BCUT2D eigenvalue weighted by Gasteiger charge is 2.49. The van der Waals surface area contributed by atoms with Gasteiger partial charge in [0.15, 0.2) is 12.0 Å². The third kappa shape index (κ3) is 4.79. The van der Waals surface area contributed by atoms with Crippen LogP contribution in [-0.4, -0.2) is 28.7 Å². The first-order chi connectivity index (χ1) is 17.3. The molecule has 36 heavy (non-hydrogen) atoms. The number of nitrogens with one attached hydrogen (secondary N) is 3. The van der Waals surface area contributed by atoms with E-state index in [4.69, 9.17) is 10.3 Å². The molecule has 5 rings (SSSR count). The molecular weight excluding hydrogens is 522 g/mol. The minimum atomic E-state index is -0.789. The molecule has 3 heterocycles. The fourth-order valence-corrected chi connectivity index (χ4v) is 4.87. The molecule has 0 aliphatic carbocycles. The zero-order chi connectivity index (χ0) is 25.3. The summed E-state index contributed by atoms with van der Waals surface area (Å²) in [7, 11) is 0. The van der Waals surface area contributed by atoms with Crippen molar-refractivity contribution in [1.29, 1.82) is 0 Å². The fraction of sp³-hybridized carbons (Fsp3) is 0.231. The number of benzene rings is 2. The van der Waals surface area contributed by atoms with Crippen LogP contribution in [0.4, 0.5) is 11.4 Å². The van der Waals surface area contributed by atoms with Crippen LogP contribution in [0.1, 0.15) is 35.7 Å². The smallest absolute Gasteiger partial charge is 0.204 e. The van der Waals surface area contributed by atoms with Crippen LogP contribution >= 0.6 is 15.9 Å². The Morgan fingerprint density at radius 2 is 1.92 bits per heavy atom. The molecule has 0 bridgehead atoms. The van der Waals surface area contributed by atoms with Crippen molar-refractivity contribution in [1.82, 2.24) is 15.6 Å². The third-order valence-electron chi connectivity index (χ3n) is 6.16. The zero-order valence-electron chi connectivity index (χ0n) is 19.6. The third-order valence-corrected chi connectivity index (χ3v) is 6.69. The number of azide groups is 1. The first-order valence-corrected chi connectivity index (χ1v) is 12.2. The SMILES string of the molecule is CC1(C)NC2=C(C(Nc3cccnc3)N1)C(c1ccc(Br)cc1)C(C(=O)c1ccc(N=[N+]=[N-])cc1)O2. The van der Waals surface area contributed by atoms with Crippen LogP contribution in [0.15, 0.2) is 94.1 Å². The Labute approximate surface area is 216 Å². The number of ether oxygens (including phenoxy) is 1. The van der Waals surface area contributed by atoms with Gasteiger partial charge in [-0.2, -0.15) is 0 Å². The molecule has 3 unspecified atom stereocenters. The number of rotatable bonds is 6. The van der Waals surface area contributed by atoms with Crippen LogP contribution in [-0.2, 0) is 4.74 Å². The Morgan fingerprint density at radius 1 is 1.17 bits per heavy atom. The van der Waals surface area contributed by atoms with E-state index in [1.807, 2.05) is 50.2 Å². The van der Waals surface area contributed by atoms with E-state index in [-0.39, 0.29) is 17.9 Å². The molecule has 3 aromatic rings. The van der Waals surface area contributed by atoms with Crippen LogP contribution in [0, 0.1) is 0 Å². The first-order valence-electron chi connectivity index (χ1n) is 11.4. The molecule has 0 amide bonds. The van der Waals surface area contributed by atoms with Crippen molar-refractivity contribution >= 4 is 33.1 Å². The quantitative estimate of drug-likeness (QED) is 0.157. The number of aromatic nitrogens is 1. The molecule has 2 aliphatic rings. The monoisotopic (exact) mass is 545 g/mol.